The van der Waals surface area contributed by atoms with Crippen molar-refractivity contribution in [1.82, 2.24) is 20.4 Å². The zero-order valence-corrected chi connectivity index (χ0v) is 15.4. The molecule has 9 nitrogen and oxygen atoms in total. The minimum absolute atomic E-state index is 0.105. The number of aromatic nitrogens is 4. The summed E-state index contributed by atoms with van der Waals surface area (Å²) in [5.74, 6) is 0.105. The number of nitrogens with two attached hydrogens (primary N) is 2. The van der Waals surface area contributed by atoms with Gasteiger partial charge < -0.3 is 22.1 Å². The lowest BCUT2D eigenvalue weighted by Gasteiger charge is -2.13. The molecule has 0 aliphatic carbocycles. The zero-order valence-electron chi connectivity index (χ0n) is 15.4. The second-order valence-electron chi connectivity index (χ2n) is 6.49. The molecule has 2 heterocycles. The number of guanidine groups is 1. The van der Waals surface area contributed by atoms with Crippen LogP contribution in [-0.4, -0.2) is 26.4 Å². The Bertz CT molecular complexity index is 1140. The van der Waals surface area contributed by atoms with E-state index in [9.17, 15) is 0 Å². The lowest BCUT2D eigenvalue weighted by molar-refractivity contribution is 1.02. The van der Waals surface area contributed by atoms with Gasteiger partial charge in [0.1, 0.15) is 0 Å². The fourth-order valence-corrected chi connectivity index (χ4v) is 2.91. The van der Waals surface area contributed by atoms with E-state index in [0.717, 1.165) is 10.8 Å². The minimum atomic E-state index is 0.105. The Morgan fingerprint density at radius 2 is 1.18 bits per heavy atom. The molecular formula is C19H19N9. The van der Waals surface area contributed by atoms with Crippen LogP contribution in [0, 0.1) is 19.3 Å². The monoisotopic (exact) mass is 373 g/mol. The summed E-state index contributed by atoms with van der Waals surface area (Å²) in [5, 5.41) is 32.1. The number of nitrogen functional groups attached to an aromatic ring is 2. The van der Waals surface area contributed by atoms with Crippen LogP contribution >= 0.6 is 0 Å². The van der Waals surface area contributed by atoms with Gasteiger partial charge in [0.15, 0.2) is 5.96 Å². The normalized spacial score (nSPS) is 10.9. The minimum Gasteiger partial charge on any atom is -0.397 e. The van der Waals surface area contributed by atoms with Crippen molar-refractivity contribution in [3.8, 4) is 0 Å². The highest BCUT2D eigenvalue weighted by molar-refractivity contribution is 6.05. The topological polar surface area (TPSA) is 152 Å². The van der Waals surface area contributed by atoms with Crippen LogP contribution in [0.4, 0.5) is 22.7 Å². The molecule has 0 saturated carbocycles. The molecular weight excluding hydrogens is 354 g/mol. The van der Waals surface area contributed by atoms with Crippen molar-refractivity contribution in [2.24, 2.45) is 0 Å². The van der Waals surface area contributed by atoms with E-state index in [4.69, 9.17) is 16.9 Å². The molecule has 0 saturated heterocycles. The number of nitrogens with one attached hydrogen (secondary N) is 3. The molecule has 0 amide bonds. The number of nitrogens with zero attached hydrogens (tertiary/aromatic N) is 4. The highest BCUT2D eigenvalue weighted by Crippen LogP contribution is 2.26. The lowest BCUT2D eigenvalue weighted by Crippen LogP contribution is -2.20. The molecule has 0 fully saturated rings. The summed E-state index contributed by atoms with van der Waals surface area (Å²) in [7, 11) is 0. The maximum absolute atomic E-state index is 8.23. The second-order valence-corrected chi connectivity index (χ2v) is 6.49. The average molecular weight is 373 g/mol. The van der Waals surface area contributed by atoms with Crippen LogP contribution in [0.3, 0.4) is 0 Å². The first-order valence-electron chi connectivity index (χ1n) is 8.60. The number of hydrogen-bond acceptors (Lipinski definition) is 7. The van der Waals surface area contributed by atoms with Crippen LogP contribution < -0.4 is 22.1 Å². The summed E-state index contributed by atoms with van der Waals surface area (Å²) in [4.78, 5) is 0. The maximum atomic E-state index is 8.23. The molecule has 0 aliphatic rings. The van der Waals surface area contributed by atoms with Crippen LogP contribution in [0.2, 0.25) is 0 Å². The van der Waals surface area contributed by atoms with Crippen LogP contribution in [0.5, 0.6) is 0 Å². The van der Waals surface area contributed by atoms with Crippen molar-refractivity contribution >= 4 is 50.5 Å². The third-order valence-electron chi connectivity index (χ3n) is 4.51. The first kappa shape index (κ1) is 17.4. The van der Waals surface area contributed by atoms with Crippen molar-refractivity contribution in [2.45, 2.75) is 13.8 Å². The molecule has 140 valence electrons. The predicted molar refractivity (Wildman–Crippen MR) is 112 cm³/mol. The Kier molecular flexibility index (Phi) is 4.11. The van der Waals surface area contributed by atoms with E-state index >= 15 is 0 Å². The van der Waals surface area contributed by atoms with Crippen molar-refractivity contribution in [3.05, 3.63) is 47.8 Å². The second kappa shape index (κ2) is 6.62. The smallest absolute Gasteiger partial charge is 0.197 e. The highest BCUT2D eigenvalue weighted by atomic mass is 15.1. The standard InChI is InChI=1S/C19H19N9/c1-9-17(20)13-7-11(3-5-15(13)27-25-9)23-19(22)24-12-4-6-16-14(8-12)18(21)10(2)26-28-16/h3-8H,1-2H3,(H2,20,27)(H2,21,28)(H3,22,23,24). The first-order chi connectivity index (χ1) is 13.4. The molecule has 28 heavy (non-hydrogen) atoms. The van der Waals surface area contributed by atoms with Gasteiger partial charge in [-0.05, 0) is 50.2 Å². The number of rotatable bonds is 2. The fourth-order valence-electron chi connectivity index (χ4n) is 2.91. The zero-order chi connectivity index (χ0) is 19.8. The summed E-state index contributed by atoms with van der Waals surface area (Å²) < 4.78 is 0. The highest BCUT2D eigenvalue weighted by Gasteiger charge is 2.08. The SMILES string of the molecule is Cc1nnc2ccc(NC(=N)Nc3ccc4nnc(C)c(N)c4c3)cc2c1N. The Hall–Kier alpha value is -4.01. The first-order valence-corrected chi connectivity index (χ1v) is 8.60. The van der Waals surface area contributed by atoms with Crippen LogP contribution in [0.25, 0.3) is 21.8 Å². The molecule has 4 rings (SSSR count). The summed E-state index contributed by atoms with van der Waals surface area (Å²) in [6.45, 7) is 3.62. The van der Waals surface area contributed by atoms with Gasteiger partial charge in [-0.15, -0.1) is 0 Å². The van der Waals surface area contributed by atoms with Crippen LogP contribution in [-0.2, 0) is 0 Å². The summed E-state index contributed by atoms with van der Waals surface area (Å²) in [5.41, 5.74) is 17.5. The Balaban J connectivity index is 1.58. The van der Waals surface area contributed by atoms with Crippen LogP contribution in [0.1, 0.15) is 11.4 Å². The van der Waals surface area contributed by atoms with Crippen molar-refractivity contribution in [1.29, 1.82) is 5.41 Å². The van der Waals surface area contributed by atoms with Gasteiger partial charge in [0.2, 0.25) is 0 Å². The van der Waals surface area contributed by atoms with E-state index in [2.05, 4.69) is 31.0 Å². The molecule has 9 heteroatoms. The van der Waals surface area contributed by atoms with Crippen molar-refractivity contribution in [2.75, 3.05) is 22.1 Å². The molecule has 0 bridgehead atoms. The Morgan fingerprint density at radius 3 is 1.61 bits per heavy atom. The predicted octanol–water partition coefficient (Wildman–Crippen LogP) is 2.81. The number of benzene rings is 2. The third-order valence-corrected chi connectivity index (χ3v) is 4.51. The molecule has 4 aromatic rings. The van der Waals surface area contributed by atoms with E-state index in [1.807, 2.05) is 50.2 Å². The van der Waals surface area contributed by atoms with E-state index < -0.39 is 0 Å². The quantitative estimate of drug-likeness (QED) is 0.266. The Morgan fingerprint density at radius 1 is 0.750 bits per heavy atom. The molecule has 2 aromatic carbocycles. The van der Waals surface area contributed by atoms with Gasteiger partial charge in [0, 0.05) is 22.1 Å². The lowest BCUT2D eigenvalue weighted by atomic mass is 10.1. The summed E-state index contributed by atoms with van der Waals surface area (Å²) in [6.07, 6.45) is 0. The molecule has 0 atom stereocenters. The van der Waals surface area contributed by atoms with E-state index in [-0.39, 0.29) is 5.96 Å². The average Bonchev–Trinajstić information content (AvgIpc) is 2.68. The van der Waals surface area contributed by atoms with Gasteiger partial charge >= 0.3 is 0 Å². The third kappa shape index (κ3) is 3.09. The van der Waals surface area contributed by atoms with Gasteiger partial charge in [-0.2, -0.15) is 20.4 Å². The van der Waals surface area contributed by atoms with Gasteiger partial charge in [-0.1, -0.05) is 0 Å². The number of hydrogen-bond donors (Lipinski definition) is 5. The molecule has 0 spiro atoms. The Labute approximate surface area is 160 Å². The summed E-state index contributed by atoms with van der Waals surface area (Å²) in [6, 6.07) is 11.0. The van der Waals surface area contributed by atoms with E-state index in [0.29, 0.717) is 45.2 Å². The summed E-state index contributed by atoms with van der Waals surface area (Å²) >= 11 is 0. The maximum Gasteiger partial charge on any atom is 0.197 e. The molecule has 2 aromatic heterocycles. The number of anilines is 4. The van der Waals surface area contributed by atoms with E-state index in [1.54, 1.807) is 0 Å². The number of fused-ring (bicyclic) bond motifs is 2. The van der Waals surface area contributed by atoms with Crippen LogP contribution in [0.15, 0.2) is 36.4 Å². The molecule has 0 aliphatic heterocycles. The number of aryl methyl sites for hydroxylation is 2. The van der Waals surface area contributed by atoms with Crippen molar-refractivity contribution < 1.29 is 0 Å². The molecule has 7 N–H and O–H groups in total. The molecule has 0 unspecified atom stereocenters. The largest absolute Gasteiger partial charge is 0.397 e. The van der Waals surface area contributed by atoms with Crippen molar-refractivity contribution in [3.63, 3.8) is 0 Å². The van der Waals surface area contributed by atoms with Gasteiger partial charge in [-0.25, -0.2) is 0 Å². The van der Waals surface area contributed by atoms with Gasteiger partial charge in [-0.3, -0.25) is 5.41 Å². The fraction of sp³-hybridized carbons (Fsp3) is 0.105. The molecule has 0 radical (unpaired) electrons. The van der Waals surface area contributed by atoms with E-state index in [1.165, 1.54) is 0 Å². The van der Waals surface area contributed by atoms with Gasteiger partial charge in [0.05, 0.1) is 33.8 Å². The van der Waals surface area contributed by atoms with Gasteiger partial charge in [0.25, 0.3) is 0 Å².